The Bertz CT molecular complexity index is 627. The molecule has 104 valence electrons. The minimum atomic E-state index is -4.81. The number of alkyl halides is 3. The van der Waals surface area contributed by atoms with E-state index in [9.17, 15) is 18.0 Å². The van der Waals surface area contributed by atoms with Crippen LogP contribution in [0.15, 0.2) is 36.7 Å². The summed E-state index contributed by atoms with van der Waals surface area (Å²) in [5.74, 6) is -1.18. The maximum atomic E-state index is 12.3. The number of para-hydroxylation sites is 1. The fourth-order valence-corrected chi connectivity index (χ4v) is 1.49. The molecule has 1 amide bonds. The largest absolute Gasteiger partial charge is 0.573 e. The van der Waals surface area contributed by atoms with Gasteiger partial charge in [0, 0.05) is 5.56 Å². The van der Waals surface area contributed by atoms with E-state index in [1.54, 1.807) is 0 Å². The number of halogens is 3. The van der Waals surface area contributed by atoms with Crippen LogP contribution in [0.4, 0.5) is 13.2 Å². The smallest absolute Gasteiger partial charge is 0.405 e. The van der Waals surface area contributed by atoms with Gasteiger partial charge in [0.2, 0.25) is 0 Å². The molecule has 0 saturated heterocycles. The molecule has 0 unspecified atom stereocenters. The van der Waals surface area contributed by atoms with E-state index in [-0.39, 0.29) is 17.0 Å². The summed E-state index contributed by atoms with van der Waals surface area (Å²) in [5.41, 5.74) is 5.16. The molecule has 0 bridgehead atoms. The summed E-state index contributed by atoms with van der Waals surface area (Å²) in [6, 6.07) is 5.49. The standard InChI is InChI=1S/C12H8F3N3O2/c13-12(14,15)20-10-4-2-1-3-7(10)8-5-18-9(6-17-8)11(16)19/h1-6H,(H2,16,19). The van der Waals surface area contributed by atoms with Gasteiger partial charge in [0.1, 0.15) is 11.4 Å². The van der Waals surface area contributed by atoms with Crippen molar-refractivity contribution in [1.82, 2.24) is 9.97 Å². The average Bonchev–Trinajstić information content (AvgIpc) is 2.37. The quantitative estimate of drug-likeness (QED) is 0.936. The van der Waals surface area contributed by atoms with Crippen LogP contribution in [0.1, 0.15) is 10.5 Å². The highest BCUT2D eigenvalue weighted by Crippen LogP contribution is 2.32. The summed E-state index contributed by atoms with van der Waals surface area (Å²) in [6.07, 6.45) is -2.57. The van der Waals surface area contributed by atoms with Gasteiger partial charge in [0.15, 0.2) is 0 Å². The van der Waals surface area contributed by atoms with Crippen molar-refractivity contribution in [3.05, 3.63) is 42.4 Å². The highest BCUT2D eigenvalue weighted by molar-refractivity contribution is 5.90. The fourth-order valence-electron chi connectivity index (χ4n) is 1.49. The summed E-state index contributed by atoms with van der Waals surface area (Å²) < 4.78 is 40.8. The van der Waals surface area contributed by atoms with Gasteiger partial charge >= 0.3 is 6.36 Å². The molecule has 0 spiro atoms. The van der Waals surface area contributed by atoms with E-state index >= 15 is 0 Å². The van der Waals surface area contributed by atoms with Gasteiger partial charge in [-0.2, -0.15) is 0 Å². The van der Waals surface area contributed by atoms with Crippen molar-refractivity contribution >= 4 is 5.91 Å². The first-order chi connectivity index (χ1) is 9.37. The van der Waals surface area contributed by atoms with Gasteiger partial charge < -0.3 is 10.5 Å². The molecule has 20 heavy (non-hydrogen) atoms. The third-order valence-electron chi connectivity index (χ3n) is 2.29. The van der Waals surface area contributed by atoms with Gasteiger partial charge in [-0.15, -0.1) is 13.2 Å². The monoisotopic (exact) mass is 283 g/mol. The molecule has 0 atom stereocenters. The van der Waals surface area contributed by atoms with Gasteiger partial charge in [0.05, 0.1) is 18.1 Å². The zero-order valence-electron chi connectivity index (χ0n) is 9.89. The Morgan fingerprint density at radius 3 is 2.40 bits per heavy atom. The lowest BCUT2D eigenvalue weighted by Gasteiger charge is -2.12. The molecular weight excluding hydrogens is 275 g/mol. The van der Waals surface area contributed by atoms with E-state index in [0.29, 0.717) is 0 Å². The Labute approximate surface area is 111 Å². The minimum absolute atomic E-state index is 0.0806. The number of carbonyl (C=O) groups is 1. The lowest BCUT2D eigenvalue weighted by Crippen LogP contribution is -2.17. The van der Waals surface area contributed by atoms with Crippen LogP contribution in [0.5, 0.6) is 5.75 Å². The van der Waals surface area contributed by atoms with E-state index < -0.39 is 18.0 Å². The molecule has 8 heteroatoms. The highest BCUT2D eigenvalue weighted by atomic mass is 19.4. The van der Waals surface area contributed by atoms with Gasteiger partial charge in [-0.1, -0.05) is 12.1 Å². The van der Waals surface area contributed by atoms with Crippen molar-refractivity contribution in [3.63, 3.8) is 0 Å². The van der Waals surface area contributed by atoms with Gasteiger partial charge in [0.25, 0.3) is 5.91 Å². The Hall–Kier alpha value is -2.64. The van der Waals surface area contributed by atoms with Crippen LogP contribution in [0.3, 0.4) is 0 Å². The Morgan fingerprint density at radius 1 is 1.15 bits per heavy atom. The molecule has 2 N–H and O–H groups in total. The van der Waals surface area contributed by atoms with Crippen molar-refractivity contribution in [3.8, 4) is 17.0 Å². The van der Waals surface area contributed by atoms with Crippen LogP contribution in [0, 0.1) is 0 Å². The number of nitrogens with two attached hydrogens (primary N) is 1. The molecule has 1 aromatic heterocycles. The van der Waals surface area contributed by atoms with Crippen molar-refractivity contribution in [2.75, 3.05) is 0 Å². The molecule has 0 radical (unpaired) electrons. The molecule has 0 saturated carbocycles. The molecule has 1 aromatic carbocycles. The zero-order valence-corrected chi connectivity index (χ0v) is 9.89. The lowest BCUT2D eigenvalue weighted by atomic mass is 10.1. The summed E-state index contributed by atoms with van der Waals surface area (Å²) in [5, 5.41) is 0. The summed E-state index contributed by atoms with van der Waals surface area (Å²) in [7, 11) is 0. The van der Waals surface area contributed by atoms with Crippen LogP contribution >= 0.6 is 0 Å². The van der Waals surface area contributed by atoms with Crippen LogP contribution in [0.25, 0.3) is 11.3 Å². The van der Waals surface area contributed by atoms with E-state index in [1.807, 2.05) is 0 Å². The second-order valence-electron chi connectivity index (χ2n) is 3.70. The third kappa shape index (κ3) is 3.22. The van der Waals surface area contributed by atoms with Crippen LogP contribution < -0.4 is 10.5 Å². The number of aromatic nitrogens is 2. The Morgan fingerprint density at radius 2 is 1.85 bits per heavy atom. The molecule has 0 aliphatic heterocycles. The zero-order chi connectivity index (χ0) is 14.8. The lowest BCUT2D eigenvalue weighted by molar-refractivity contribution is -0.274. The molecule has 0 aliphatic rings. The van der Waals surface area contributed by atoms with Crippen LogP contribution in [0.2, 0.25) is 0 Å². The number of nitrogens with zero attached hydrogens (tertiary/aromatic N) is 2. The molecule has 5 nitrogen and oxygen atoms in total. The van der Waals surface area contributed by atoms with Crippen molar-refractivity contribution in [2.24, 2.45) is 5.73 Å². The van der Waals surface area contributed by atoms with Gasteiger partial charge in [-0.3, -0.25) is 9.78 Å². The second kappa shape index (κ2) is 5.16. The predicted octanol–water partition coefficient (Wildman–Crippen LogP) is 2.14. The Balaban J connectivity index is 2.39. The maximum Gasteiger partial charge on any atom is 0.573 e. The number of hydrogen-bond acceptors (Lipinski definition) is 4. The van der Waals surface area contributed by atoms with E-state index in [2.05, 4.69) is 14.7 Å². The van der Waals surface area contributed by atoms with E-state index in [4.69, 9.17) is 5.73 Å². The van der Waals surface area contributed by atoms with Crippen LogP contribution in [-0.4, -0.2) is 22.2 Å². The molecule has 2 aromatic rings. The fraction of sp³-hybridized carbons (Fsp3) is 0.0833. The molecule has 0 aliphatic carbocycles. The first-order valence-corrected chi connectivity index (χ1v) is 5.34. The SMILES string of the molecule is NC(=O)c1cnc(-c2ccccc2OC(F)(F)F)cn1. The topological polar surface area (TPSA) is 78.1 Å². The summed E-state index contributed by atoms with van der Waals surface area (Å²) in [4.78, 5) is 18.4. The molecule has 1 heterocycles. The molecular formula is C12H8F3N3O2. The number of carbonyl (C=O) groups excluding carboxylic acids is 1. The van der Waals surface area contributed by atoms with Crippen LogP contribution in [-0.2, 0) is 0 Å². The van der Waals surface area contributed by atoms with Gasteiger partial charge in [-0.05, 0) is 12.1 Å². The van der Waals surface area contributed by atoms with Crippen molar-refractivity contribution in [2.45, 2.75) is 6.36 Å². The maximum absolute atomic E-state index is 12.3. The summed E-state index contributed by atoms with van der Waals surface area (Å²) in [6.45, 7) is 0. The first kappa shape index (κ1) is 13.8. The number of rotatable bonds is 3. The number of ether oxygens (including phenoxy) is 1. The second-order valence-corrected chi connectivity index (χ2v) is 3.70. The highest BCUT2D eigenvalue weighted by Gasteiger charge is 2.32. The first-order valence-electron chi connectivity index (χ1n) is 5.34. The number of primary amides is 1. The Kier molecular flexibility index (Phi) is 3.55. The van der Waals surface area contributed by atoms with E-state index in [0.717, 1.165) is 18.5 Å². The van der Waals surface area contributed by atoms with Crippen molar-refractivity contribution < 1.29 is 22.7 Å². The molecule has 2 rings (SSSR count). The van der Waals surface area contributed by atoms with E-state index in [1.165, 1.54) is 18.2 Å². The average molecular weight is 283 g/mol. The summed E-state index contributed by atoms with van der Waals surface area (Å²) >= 11 is 0. The third-order valence-corrected chi connectivity index (χ3v) is 2.29. The minimum Gasteiger partial charge on any atom is -0.405 e. The number of benzene rings is 1. The normalized spacial score (nSPS) is 11.2. The van der Waals surface area contributed by atoms with Crippen molar-refractivity contribution in [1.29, 1.82) is 0 Å². The number of hydrogen-bond donors (Lipinski definition) is 1. The number of amides is 1. The molecule has 0 fully saturated rings. The van der Waals surface area contributed by atoms with Gasteiger partial charge in [-0.25, -0.2) is 4.98 Å². The predicted molar refractivity (Wildman–Crippen MR) is 62.7 cm³/mol.